The van der Waals surface area contributed by atoms with E-state index in [4.69, 9.17) is 0 Å². The van der Waals surface area contributed by atoms with Gasteiger partial charge in [0.05, 0.1) is 11.4 Å². The predicted molar refractivity (Wildman–Crippen MR) is 92.4 cm³/mol. The summed E-state index contributed by atoms with van der Waals surface area (Å²) in [4.78, 5) is 41.3. The van der Waals surface area contributed by atoms with Crippen LogP contribution >= 0.6 is 11.8 Å². The lowest BCUT2D eigenvalue weighted by Gasteiger charge is -2.27. The number of fused-ring (bicyclic) bond motifs is 1. The minimum absolute atomic E-state index is 0.0339. The van der Waals surface area contributed by atoms with Crippen molar-refractivity contribution in [1.82, 2.24) is 4.98 Å². The van der Waals surface area contributed by atoms with Crippen LogP contribution in [0.4, 0.5) is 11.4 Å². The maximum atomic E-state index is 12.3. The normalized spacial score (nSPS) is 13.4. The second kappa shape index (κ2) is 6.84. The number of Topliss-reactive ketones (excluding diaryl/α,β-unsaturated/α-hetero) is 1. The number of hydrogen-bond acceptors (Lipinski definition) is 5. The molecule has 24 heavy (non-hydrogen) atoms. The molecule has 0 fully saturated rings. The molecule has 0 atom stereocenters. The second-order valence-electron chi connectivity index (χ2n) is 5.28. The van der Waals surface area contributed by atoms with Crippen molar-refractivity contribution in [2.75, 3.05) is 22.5 Å². The highest BCUT2D eigenvalue weighted by molar-refractivity contribution is 8.00. The number of carbonyl (C=O) groups excluding carboxylic acids is 3. The fourth-order valence-corrected chi connectivity index (χ4v) is 3.22. The summed E-state index contributed by atoms with van der Waals surface area (Å²) in [5.74, 6) is -0.193. The zero-order chi connectivity index (χ0) is 17.1. The van der Waals surface area contributed by atoms with E-state index in [2.05, 4.69) is 10.3 Å². The van der Waals surface area contributed by atoms with E-state index in [1.165, 1.54) is 23.6 Å². The number of rotatable bonds is 4. The van der Waals surface area contributed by atoms with Gasteiger partial charge in [-0.3, -0.25) is 19.3 Å². The fraction of sp³-hybridized carbons (Fsp3) is 0.176. The Morgan fingerprint density at radius 1 is 1.25 bits per heavy atom. The number of aromatic nitrogens is 1. The quantitative estimate of drug-likeness (QED) is 0.864. The van der Waals surface area contributed by atoms with Gasteiger partial charge in [-0.05, 0) is 43.3 Å². The number of carbonyl (C=O) groups is 3. The Hall–Kier alpha value is -2.67. The summed E-state index contributed by atoms with van der Waals surface area (Å²) >= 11 is 1.37. The highest BCUT2D eigenvalue weighted by atomic mass is 32.2. The monoisotopic (exact) mass is 341 g/mol. The number of ketones is 1. The topological polar surface area (TPSA) is 79.4 Å². The molecule has 0 aliphatic carbocycles. The first-order chi connectivity index (χ1) is 11.5. The molecule has 3 rings (SSSR count). The molecule has 1 aliphatic rings. The van der Waals surface area contributed by atoms with Crippen LogP contribution in [-0.2, 0) is 9.59 Å². The summed E-state index contributed by atoms with van der Waals surface area (Å²) in [6.45, 7) is 1.41. The van der Waals surface area contributed by atoms with E-state index in [1.54, 1.807) is 42.6 Å². The van der Waals surface area contributed by atoms with Gasteiger partial charge in [-0.15, -0.1) is 0 Å². The van der Waals surface area contributed by atoms with Gasteiger partial charge in [0.25, 0.3) is 0 Å². The Morgan fingerprint density at radius 2 is 2.00 bits per heavy atom. The van der Waals surface area contributed by atoms with E-state index in [0.29, 0.717) is 16.9 Å². The first kappa shape index (κ1) is 16.2. The number of pyridine rings is 1. The largest absolute Gasteiger partial charge is 0.325 e. The van der Waals surface area contributed by atoms with Gasteiger partial charge in [0.15, 0.2) is 5.78 Å². The molecular formula is C17H15N3O3S. The van der Waals surface area contributed by atoms with Crippen molar-refractivity contribution in [3.05, 3.63) is 48.2 Å². The Bertz CT molecular complexity index is 805. The molecule has 2 heterocycles. The fourth-order valence-electron chi connectivity index (χ4n) is 2.35. The molecule has 1 N–H and O–H groups in total. The molecule has 0 unspecified atom stereocenters. The van der Waals surface area contributed by atoms with E-state index in [9.17, 15) is 14.4 Å². The Morgan fingerprint density at radius 3 is 2.71 bits per heavy atom. The van der Waals surface area contributed by atoms with Crippen LogP contribution < -0.4 is 10.2 Å². The van der Waals surface area contributed by atoms with Gasteiger partial charge in [0.2, 0.25) is 11.8 Å². The number of thioether (sulfide) groups is 1. The molecule has 1 aliphatic heterocycles. The van der Waals surface area contributed by atoms with Crippen molar-refractivity contribution in [3.8, 4) is 0 Å². The van der Waals surface area contributed by atoms with Crippen LogP contribution in [0.3, 0.4) is 0 Å². The minimum atomic E-state index is -0.305. The third kappa shape index (κ3) is 3.46. The lowest BCUT2D eigenvalue weighted by Crippen LogP contribution is -2.41. The predicted octanol–water partition coefficient (Wildman–Crippen LogP) is 2.36. The highest BCUT2D eigenvalue weighted by Gasteiger charge is 2.27. The average molecular weight is 341 g/mol. The summed E-state index contributed by atoms with van der Waals surface area (Å²) in [5.41, 5.74) is 1.81. The lowest BCUT2D eigenvalue weighted by atomic mass is 10.1. The van der Waals surface area contributed by atoms with Gasteiger partial charge in [-0.2, -0.15) is 0 Å². The first-order valence-corrected chi connectivity index (χ1v) is 8.32. The van der Waals surface area contributed by atoms with Gasteiger partial charge >= 0.3 is 0 Å². The highest BCUT2D eigenvalue weighted by Crippen LogP contribution is 2.32. The lowest BCUT2D eigenvalue weighted by molar-refractivity contribution is -0.120. The van der Waals surface area contributed by atoms with Crippen molar-refractivity contribution in [3.63, 3.8) is 0 Å². The van der Waals surface area contributed by atoms with Crippen molar-refractivity contribution < 1.29 is 14.4 Å². The molecule has 0 saturated heterocycles. The number of hydrogen-bond donors (Lipinski definition) is 1. The third-order valence-electron chi connectivity index (χ3n) is 3.55. The first-order valence-electron chi connectivity index (χ1n) is 7.33. The SMILES string of the molecule is CC(=O)c1ccc(NC(=O)CN2C(=O)CSc3ncccc32)cc1. The average Bonchev–Trinajstić information content (AvgIpc) is 2.58. The Labute approximate surface area is 143 Å². The third-order valence-corrected chi connectivity index (χ3v) is 4.53. The van der Waals surface area contributed by atoms with Crippen LogP contribution in [0, 0.1) is 0 Å². The van der Waals surface area contributed by atoms with Crippen LogP contribution in [0.5, 0.6) is 0 Å². The molecule has 122 valence electrons. The molecule has 0 bridgehead atoms. The second-order valence-corrected chi connectivity index (χ2v) is 6.24. The van der Waals surface area contributed by atoms with E-state index in [1.807, 2.05) is 0 Å². The van der Waals surface area contributed by atoms with E-state index < -0.39 is 0 Å². The standard InChI is InChI=1S/C17H15N3O3S/c1-11(21)12-4-6-13(7-5-12)19-15(22)9-20-14-3-2-8-18-17(14)24-10-16(20)23/h2-8H,9-10H2,1H3,(H,19,22). The van der Waals surface area contributed by atoms with Crippen LogP contribution in [0.1, 0.15) is 17.3 Å². The molecule has 0 saturated carbocycles. The Kier molecular flexibility index (Phi) is 4.61. The van der Waals surface area contributed by atoms with Crippen LogP contribution in [-0.4, -0.2) is 34.9 Å². The number of anilines is 2. The molecule has 2 aromatic rings. The molecule has 7 heteroatoms. The molecule has 2 amide bonds. The number of benzene rings is 1. The maximum Gasteiger partial charge on any atom is 0.244 e. The zero-order valence-electron chi connectivity index (χ0n) is 13.0. The summed E-state index contributed by atoms with van der Waals surface area (Å²) in [5, 5.41) is 3.48. The molecular weight excluding hydrogens is 326 g/mol. The van der Waals surface area contributed by atoms with E-state index in [-0.39, 0.29) is 29.9 Å². The van der Waals surface area contributed by atoms with Gasteiger partial charge in [-0.25, -0.2) is 4.98 Å². The maximum absolute atomic E-state index is 12.3. The van der Waals surface area contributed by atoms with Gasteiger partial charge in [0.1, 0.15) is 11.6 Å². The van der Waals surface area contributed by atoms with Crippen molar-refractivity contribution >= 4 is 40.7 Å². The number of nitrogens with one attached hydrogen (secondary N) is 1. The number of amides is 2. The van der Waals surface area contributed by atoms with Gasteiger partial charge < -0.3 is 5.32 Å². The van der Waals surface area contributed by atoms with Crippen LogP contribution in [0.2, 0.25) is 0 Å². The molecule has 0 radical (unpaired) electrons. The molecule has 6 nitrogen and oxygen atoms in total. The van der Waals surface area contributed by atoms with Gasteiger partial charge in [-0.1, -0.05) is 11.8 Å². The molecule has 0 spiro atoms. The van der Waals surface area contributed by atoms with Crippen molar-refractivity contribution in [2.24, 2.45) is 0 Å². The summed E-state index contributed by atoms with van der Waals surface area (Å²) in [6, 6.07) is 10.2. The zero-order valence-corrected chi connectivity index (χ0v) is 13.8. The molecule has 1 aromatic heterocycles. The summed E-state index contributed by atoms with van der Waals surface area (Å²) in [7, 11) is 0. The summed E-state index contributed by atoms with van der Waals surface area (Å²) < 4.78 is 0. The Balaban J connectivity index is 1.70. The van der Waals surface area contributed by atoms with Crippen molar-refractivity contribution in [2.45, 2.75) is 11.9 Å². The van der Waals surface area contributed by atoms with Crippen molar-refractivity contribution in [1.29, 1.82) is 0 Å². The minimum Gasteiger partial charge on any atom is -0.325 e. The van der Waals surface area contributed by atoms with E-state index >= 15 is 0 Å². The smallest absolute Gasteiger partial charge is 0.244 e. The van der Waals surface area contributed by atoms with Crippen LogP contribution in [0.25, 0.3) is 0 Å². The number of nitrogens with zero attached hydrogens (tertiary/aromatic N) is 2. The van der Waals surface area contributed by atoms with Gasteiger partial charge in [0, 0.05) is 17.4 Å². The molecule has 1 aromatic carbocycles. The van der Waals surface area contributed by atoms with Crippen LogP contribution in [0.15, 0.2) is 47.6 Å². The van der Waals surface area contributed by atoms with E-state index in [0.717, 1.165) is 5.03 Å². The summed E-state index contributed by atoms with van der Waals surface area (Å²) in [6.07, 6.45) is 1.66.